The Morgan fingerprint density at radius 1 is 1.58 bits per heavy atom. The van der Waals surface area contributed by atoms with Crippen molar-refractivity contribution in [3.63, 3.8) is 0 Å². The van der Waals surface area contributed by atoms with Crippen LogP contribution >= 0.6 is 0 Å². The van der Waals surface area contributed by atoms with Crippen molar-refractivity contribution in [2.75, 3.05) is 0 Å². The van der Waals surface area contributed by atoms with E-state index < -0.39 is 6.10 Å². The van der Waals surface area contributed by atoms with E-state index in [-0.39, 0.29) is 0 Å². The number of aliphatic hydroxyl groups excluding tert-OH is 1. The fraction of sp³-hybridized carbons (Fsp3) is 0.333. The maximum Gasteiger partial charge on any atom is 0.101 e. The van der Waals surface area contributed by atoms with E-state index in [9.17, 15) is 5.11 Å². The summed E-state index contributed by atoms with van der Waals surface area (Å²) in [5.41, 5.74) is 1.45. The molecule has 0 aliphatic rings. The van der Waals surface area contributed by atoms with Gasteiger partial charge < -0.3 is 5.11 Å². The zero-order valence-corrected chi connectivity index (χ0v) is 7.07. The van der Waals surface area contributed by atoms with Crippen LogP contribution in [-0.4, -0.2) is 15.1 Å². The predicted molar refractivity (Wildman–Crippen MR) is 46.5 cm³/mol. The number of hydrogen-bond donors (Lipinski definition) is 1. The number of aliphatic hydroxyl groups is 1. The first-order valence-corrected chi connectivity index (χ1v) is 3.81. The largest absolute Gasteiger partial charge is 0.386 e. The molecular weight excluding hydrogens is 152 g/mol. The molecule has 0 aliphatic heterocycles. The summed E-state index contributed by atoms with van der Waals surface area (Å²) in [4.78, 5) is 8.06. The Morgan fingerprint density at radius 2 is 2.33 bits per heavy atom. The summed E-state index contributed by atoms with van der Waals surface area (Å²) in [6.45, 7) is 5.39. The lowest BCUT2D eigenvalue weighted by atomic mass is 10.2. The number of nitrogens with zero attached hydrogens (tertiary/aromatic N) is 2. The van der Waals surface area contributed by atoms with Crippen molar-refractivity contribution in [1.29, 1.82) is 0 Å². The molecule has 1 unspecified atom stereocenters. The van der Waals surface area contributed by atoms with Gasteiger partial charge in [0.15, 0.2) is 0 Å². The van der Waals surface area contributed by atoms with E-state index in [0.29, 0.717) is 12.1 Å². The van der Waals surface area contributed by atoms with Crippen LogP contribution in [0.1, 0.15) is 23.9 Å². The predicted octanol–water partition coefficient (Wildman–Crippen LogP) is 1.39. The van der Waals surface area contributed by atoms with E-state index in [2.05, 4.69) is 16.5 Å². The average molecular weight is 164 g/mol. The Labute approximate surface area is 71.8 Å². The van der Waals surface area contributed by atoms with Gasteiger partial charge in [-0.1, -0.05) is 6.08 Å². The zero-order chi connectivity index (χ0) is 8.97. The lowest BCUT2D eigenvalue weighted by molar-refractivity contribution is 0.176. The van der Waals surface area contributed by atoms with Gasteiger partial charge >= 0.3 is 0 Å². The van der Waals surface area contributed by atoms with E-state index >= 15 is 0 Å². The van der Waals surface area contributed by atoms with Gasteiger partial charge in [0, 0.05) is 6.20 Å². The fourth-order valence-corrected chi connectivity index (χ4v) is 0.853. The quantitative estimate of drug-likeness (QED) is 0.687. The maximum absolute atomic E-state index is 9.44. The molecule has 1 heterocycles. The molecule has 3 nitrogen and oxygen atoms in total. The third kappa shape index (κ3) is 2.13. The highest BCUT2D eigenvalue weighted by molar-refractivity contribution is 5.04. The van der Waals surface area contributed by atoms with Crippen LogP contribution in [0.2, 0.25) is 0 Å². The topological polar surface area (TPSA) is 46.0 Å². The first-order valence-electron chi connectivity index (χ1n) is 3.81. The molecule has 0 spiro atoms. The third-order valence-corrected chi connectivity index (χ3v) is 1.53. The first-order chi connectivity index (χ1) is 5.74. The second kappa shape index (κ2) is 3.97. The molecule has 0 saturated carbocycles. The lowest BCUT2D eigenvalue weighted by Crippen LogP contribution is -2.00. The van der Waals surface area contributed by atoms with Gasteiger partial charge in [-0.2, -0.15) is 0 Å². The fourth-order valence-electron chi connectivity index (χ4n) is 0.853. The molecule has 0 aromatic carbocycles. The van der Waals surface area contributed by atoms with Crippen LogP contribution in [0.15, 0.2) is 25.0 Å². The molecule has 64 valence electrons. The van der Waals surface area contributed by atoms with Gasteiger partial charge in [-0.05, 0) is 13.3 Å². The van der Waals surface area contributed by atoms with Gasteiger partial charge in [-0.15, -0.1) is 6.58 Å². The molecule has 1 atom stereocenters. The molecule has 0 radical (unpaired) electrons. The summed E-state index contributed by atoms with van der Waals surface area (Å²) >= 11 is 0. The normalized spacial score (nSPS) is 12.5. The molecule has 1 rings (SSSR count). The highest BCUT2D eigenvalue weighted by Gasteiger charge is 2.05. The van der Waals surface area contributed by atoms with Crippen molar-refractivity contribution >= 4 is 0 Å². The number of hydrogen-bond acceptors (Lipinski definition) is 3. The van der Waals surface area contributed by atoms with Crippen LogP contribution in [0.4, 0.5) is 0 Å². The molecule has 0 amide bonds. The van der Waals surface area contributed by atoms with E-state index in [1.165, 1.54) is 0 Å². The zero-order valence-electron chi connectivity index (χ0n) is 7.07. The second-order valence-corrected chi connectivity index (χ2v) is 2.62. The molecule has 3 heteroatoms. The Balaban J connectivity index is 2.74. The van der Waals surface area contributed by atoms with Gasteiger partial charge in [0.1, 0.15) is 6.10 Å². The minimum absolute atomic E-state index is 0.512. The van der Waals surface area contributed by atoms with Gasteiger partial charge in [-0.25, -0.2) is 0 Å². The molecule has 1 N–H and O–H groups in total. The van der Waals surface area contributed by atoms with E-state index in [4.69, 9.17) is 0 Å². The Bertz CT molecular complexity index is 256. The monoisotopic (exact) mass is 164 g/mol. The number of aromatic nitrogens is 2. The summed E-state index contributed by atoms with van der Waals surface area (Å²) in [6, 6.07) is 0. The van der Waals surface area contributed by atoms with Crippen LogP contribution in [-0.2, 0) is 0 Å². The Hall–Kier alpha value is -1.22. The lowest BCUT2D eigenvalue weighted by Gasteiger charge is -2.05. The molecule has 0 saturated heterocycles. The van der Waals surface area contributed by atoms with Gasteiger partial charge in [-0.3, -0.25) is 9.97 Å². The molecule has 1 aromatic rings. The smallest absolute Gasteiger partial charge is 0.101 e. The Morgan fingerprint density at radius 3 is 2.83 bits per heavy atom. The van der Waals surface area contributed by atoms with Crippen LogP contribution in [0.25, 0.3) is 0 Å². The molecule has 12 heavy (non-hydrogen) atoms. The summed E-state index contributed by atoms with van der Waals surface area (Å²) < 4.78 is 0. The number of aryl methyl sites for hydroxylation is 1. The van der Waals surface area contributed by atoms with Crippen LogP contribution in [0.3, 0.4) is 0 Å². The van der Waals surface area contributed by atoms with Crippen LogP contribution in [0.5, 0.6) is 0 Å². The third-order valence-electron chi connectivity index (χ3n) is 1.53. The van der Waals surface area contributed by atoms with Crippen molar-refractivity contribution in [1.82, 2.24) is 9.97 Å². The van der Waals surface area contributed by atoms with E-state index in [1.54, 1.807) is 18.5 Å². The van der Waals surface area contributed by atoms with Crippen molar-refractivity contribution in [2.45, 2.75) is 19.4 Å². The summed E-state index contributed by atoms with van der Waals surface area (Å²) in [6.07, 6.45) is 4.82. The van der Waals surface area contributed by atoms with E-state index in [0.717, 1.165) is 5.69 Å². The van der Waals surface area contributed by atoms with Crippen molar-refractivity contribution in [3.8, 4) is 0 Å². The maximum atomic E-state index is 9.44. The summed E-state index contributed by atoms with van der Waals surface area (Å²) in [7, 11) is 0. The molecule has 0 bridgehead atoms. The SMILES string of the molecule is C=CCC(O)c1cnc(C)cn1. The van der Waals surface area contributed by atoms with Crippen molar-refractivity contribution in [2.24, 2.45) is 0 Å². The van der Waals surface area contributed by atoms with Gasteiger partial charge in [0.05, 0.1) is 17.6 Å². The van der Waals surface area contributed by atoms with Gasteiger partial charge in [0.25, 0.3) is 0 Å². The van der Waals surface area contributed by atoms with E-state index in [1.807, 2.05) is 6.92 Å². The summed E-state index contributed by atoms with van der Waals surface area (Å²) in [5, 5.41) is 9.44. The van der Waals surface area contributed by atoms with Crippen LogP contribution in [0, 0.1) is 6.92 Å². The minimum Gasteiger partial charge on any atom is -0.386 e. The standard InChI is InChI=1S/C9H12N2O/c1-3-4-9(12)8-6-10-7(2)5-11-8/h3,5-6,9,12H,1,4H2,2H3. The molecule has 0 fully saturated rings. The number of rotatable bonds is 3. The minimum atomic E-state index is -0.574. The Kier molecular flexibility index (Phi) is 2.94. The van der Waals surface area contributed by atoms with Crippen molar-refractivity contribution in [3.05, 3.63) is 36.4 Å². The average Bonchev–Trinajstić information content (AvgIpc) is 2.06. The molecule has 1 aromatic heterocycles. The van der Waals surface area contributed by atoms with Crippen LogP contribution < -0.4 is 0 Å². The first kappa shape index (κ1) is 8.87. The van der Waals surface area contributed by atoms with Crippen molar-refractivity contribution < 1.29 is 5.11 Å². The summed E-state index contributed by atoms with van der Waals surface area (Å²) in [5.74, 6) is 0. The highest BCUT2D eigenvalue weighted by Crippen LogP contribution is 2.12. The highest BCUT2D eigenvalue weighted by atomic mass is 16.3. The molecular formula is C9H12N2O. The second-order valence-electron chi connectivity index (χ2n) is 2.62. The molecule has 0 aliphatic carbocycles. The van der Waals surface area contributed by atoms with Gasteiger partial charge in [0.2, 0.25) is 0 Å².